The zero-order valence-corrected chi connectivity index (χ0v) is 21.5. The largest absolute Gasteiger partial charge is 0.0654 e. The van der Waals surface area contributed by atoms with Crippen LogP contribution in [0.5, 0.6) is 0 Å². The van der Waals surface area contributed by atoms with E-state index in [0.717, 1.165) is 12.8 Å². The van der Waals surface area contributed by atoms with Crippen molar-refractivity contribution in [2.24, 2.45) is 0 Å². The van der Waals surface area contributed by atoms with E-state index < -0.39 is 0 Å². The minimum atomic E-state index is 0.514. The highest BCUT2D eigenvalue weighted by molar-refractivity contribution is 5.79. The van der Waals surface area contributed by atoms with Crippen LogP contribution >= 0.6 is 0 Å². The summed E-state index contributed by atoms with van der Waals surface area (Å²) in [4.78, 5) is 0. The molecule has 4 aromatic carbocycles. The van der Waals surface area contributed by atoms with E-state index in [1.807, 2.05) is 0 Å². The first-order valence-electron chi connectivity index (χ1n) is 12.9. The average Bonchev–Trinajstić information content (AvgIpc) is 2.87. The summed E-state index contributed by atoms with van der Waals surface area (Å²) in [6, 6.07) is 31.7. The van der Waals surface area contributed by atoms with Crippen LogP contribution in [0.2, 0.25) is 0 Å². The van der Waals surface area contributed by atoms with E-state index >= 15 is 0 Å². The van der Waals surface area contributed by atoms with Crippen molar-refractivity contribution in [1.82, 2.24) is 0 Å². The Balaban J connectivity index is 1.75. The molecule has 0 heteroatoms. The first-order valence-corrected chi connectivity index (χ1v) is 12.9. The Bertz CT molecular complexity index is 1260. The van der Waals surface area contributed by atoms with Crippen LogP contribution < -0.4 is 0 Å². The highest BCUT2D eigenvalue weighted by Crippen LogP contribution is 2.37. The molecule has 4 aromatic rings. The molecule has 0 aliphatic heterocycles. The maximum absolute atomic E-state index is 2.43. The van der Waals surface area contributed by atoms with E-state index in [0.29, 0.717) is 5.92 Å². The van der Waals surface area contributed by atoms with Crippen LogP contribution in [0.3, 0.4) is 0 Å². The third kappa shape index (κ3) is 5.02. The quantitative estimate of drug-likeness (QED) is 0.252. The van der Waals surface area contributed by atoms with Gasteiger partial charge in [-0.25, -0.2) is 0 Å². The molecule has 4 rings (SSSR count). The molecule has 0 saturated carbocycles. The standard InChI is InChI=1S/C34H38/c1-6-8-14-27-15-10-12-17-32(27)31-20-18-28(22-26(31)5)29-19-21-33(34(23-29)24(3)7-2)30-16-11-9-13-25(30)4/h9-13,15-24H,6-8,14H2,1-5H3. The third-order valence-corrected chi connectivity index (χ3v) is 7.30. The third-order valence-electron chi connectivity index (χ3n) is 7.30. The molecule has 0 aliphatic rings. The lowest BCUT2D eigenvalue weighted by Gasteiger charge is -2.19. The average molecular weight is 447 g/mol. The van der Waals surface area contributed by atoms with Gasteiger partial charge in [0, 0.05) is 0 Å². The lowest BCUT2D eigenvalue weighted by atomic mass is 9.85. The van der Waals surface area contributed by atoms with Crippen molar-refractivity contribution in [2.45, 2.75) is 66.2 Å². The second-order valence-corrected chi connectivity index (χ2v) is 9.72. The van der Waals surface area contributed by atoms with E-state index in [9.17, 15) is 0 Å². The molecule has 0 nitrogen and oxygen atoms in total. The van der Waals surface area contributed by atoms with Gasteiger partial charge in [-0.3, -0.25) is 0 Å². The van der Waals surface area contributed by atoms with Crippen molar-refractivity contribution in [2.75, 3.05) is 0 Å². The normalized spacial score (nSPS) is 12.0. The lowest BCUT2D eigenvalue weighted by molar-refractivity contribution is 0.735. The van der Waals surface area contributed by atoms with Gasteiger partial charge < -0.3 is 0 Å². The summed E-state index contributed by atoms with van der Waals surface area (Å²) in [7, 11) is 0. The van der Waals surface area contributed by atoms with Crippen molar-refractivity contribution in [3.63, 3.8) is 0 Å². The van der Waals surface area contributed by atoms with Crippen molar-refractivity contribution in [3.8, 4) is 33.4 Å². The summed E-state index contributed by atoms with van der Waals surface area (Å²) in [6.45, 7) is 11.4. The summed E-state index contributed by atoms with van der Waals surface area (Å²) in [5.74, 6) is 0.514. The molecule has 0 aromatic heterocycles. The van der Waals surface area contributed by atoms with Crippen LogP contribution in [0, 0.1) is 13.8 Å². The number of rotatable bonds is 8. The Hall–Kier alpha value is -3.12. The molecular weight excluding hydrogens is 408 g/mol. The molecule has 0 amide bonds. The molecule has 0 bridgehead atoms. The fraction of sp³-hybridized carbons (Fsp3) is 0.294. The number of aryl methyl sites for hydroxylation is 3. The predicted octanol–water partition coefficient (Wildman–Crippen LogP) is 10.2. The highest BCUT2D eigenvalue weighted by atomic mass is 14.2. The van der Waals surface area contributed by atoms with Crippen LogP contribution in [0.4, 0.5) is 0 Å². The lowest BCUT2D eigenvalue weighted by Crippen LogP contribution is -1.98. The van der Waals surface area contributed by atoms with Crippen molar-refractivity contribution in [3.05, 3.63) is 107 Å². The number of hydrogen-bond donors (Lipinski definition) is 0. The summed E-state index contributed by atoms with van der Waals surface area (Å²) >= 11 is 0. The van der Waals surface area contributed by atoms with E-state index in [-0.39, 0.29) is 0 Å². The van der Waals surface area contributed by atoms with Crippen molar-refractivity contribution in [1.29, 1.82) is 0 Å². The fourth-order valence-electron chi connectivity index (χ4n) is 5.00. The van der Waals surface area contributed by atoms with Crippen LogP contribution in [0.15, 0.2) is 84.9 Å². The van der Waals surface area contributed by atoms with Crippen molar-refractivity contribution < 1.29 is 0 Å². The first kappa shape index (κ1) is 24.0. The van der Waals surface area contributed by atoms with Crippen LogP contribution in [-0.4, -0.2) is 0 Å². The molecule has 0 spiro atoms. The van der Waals surface area contributed by atoms with E-state index in [2.05, 4.69) is 120 Å². The maximum Gasteiger partial charge on any atom is -0.0146 e. The Morgan fingerprint density at radius 1 is 0.618 bits per heavy atom. The predicted molar refractivity (Wildman–Crippen MR) is 150 cm³/mol. The fourth-order valence-corrected chi connectivity index (χ4v) is 5.00. The van der Waals surface area contributed by atoms with E-state index in [4.69, 9.17) is 0 Å². The van der Waals surface area contributed by atoms with E-state index in [1.165, 1.54) is 68.5 Å². The number of benzene rings is 4. The molecule has 0 heterocycles. The molecule has 34 heavy (non-hydrogen) atoms. The van der Waals surface area contributed by atoms with Crippen molar-refractivity contribution >= 4 is 0 Å². The second-order valence-electron chi connectivity index (χ2n) is 9.72. The molecular formula is C34H38. The Labute approximate surface area is 206 Å². The van der Waals surface area contributed by atoms with Gasteiger partial charge in [0.15, 0.2) is 0 Å². The van der Waals surface area contributed by atoms with Gasteiger partial charge in [0.25, 0.3) is 0 Å². The first-order chi connectivity index (χ1) is 16.5. The van der Waals surface area contributed by atoms with Gasteiger partial charge in [0.1, 0.15) is 0 Å². The van der Waals surface area contributed by atoms with Gasteiger partial charge >= 0.3 is 0 Å². The topological polar surface area (TPSA) is 0 Å². The summed E-state index contributed by atoms with van der Waals surface area (Å²) in [5, 5.41) is 0. The molecule has 0 radical (unpaired) electrons. The van der Waals surface area contributed by atoms with Crippen LogP contribution in [0.1, 0.15) is 68.2 Å². The molecule has 0 saturated heterocycles. The Morgan fingerprint density at radius 2 is 1.24 bits per heavy atom. The number of unbranched alkanes of at least 4 members (excludes halogenated alkanes) is 1. The Kier molecular flexibility index (Phi) is 7.68. The molecule has 0 fully saturated rings. The van der Waals surface area contributed by atoms with Gasteiger partial charge in [-0.15, -0.1) is 0 Å². The van der Waals surface area contributed by atoms with Gasteiger partial charge in [-0.2, -0.15) is 0 Å². The second kappa shape index (κ2) is 10.9. The smallest absolute Gasteiger partial charge is 0.0146 e. The molecule has 1 atom stereocenters. The monoisotopic (exact) mass is 446 g/mol. The van der Waals surface area contributed by atoms with Gasteiger partial charge in [0.2, 0.25) is 0 Å². The minimum absolute atomic E-state index is 0.514. The Morgan fingerprint density at radius 3 is 1.91 bits per heavy atom. The van der Waals surface area contributed by atoms with Gasteiger partial charge in [-0.05, 0) is 94.7 Å². The molecule has 174 valence electrons. The summed E-state index contributed by atoms with van der Waals surface area (Å²) < 4.78 is 0. The molecule has 0 aliphatic carbocycles. The van der Waals surface area contributed by atoms with Crippen LogP contribution in [-0.2, 0) is 6.42 Å². The zero-order valence-electron chi connectivity index (χ0n) is 21.5. The summed E-state index contributed by atoms with van der Waals surface area (Å²) in [6.07, 6.45) is 4.74. The van der Waals surface area contributed by atoms with E-state index in [1.54, 1.807) is 0 Å². The molecule has 1 unspecified atom stereocenters. The molecule has 0 N–H and O–H groups in total. The SMILES string of the molecule is CCCCc1ccccc1-c1ccc(-c2ccc(-c3ccccc3C)c(C(C)CC)c2)cc1C. The van der Waals surface area contributed by atoms with Crippen LogP contribution in [0.25, 0.3) is 33.4 Å². The zero-order chi connectivity index (χ0) is 24.1. The maximum atomic E-state index is 2.43. The highest BCUT2D eigenvalue weighted by Gasteiger charge is 2.15. The summed E-state index contributed by atoms with van der Waals surface area (Å²) in [5.41, 5.74) is 13.6. The van der Waals surface area contributed by atoms with Gasteiger partial charge in [-0.1, -0.05) is 112 Å². The number of hydrogen-bond acceptors (Lipinski definition) is 0. The van der Waals surface area contributed by atoms with Gasteiger partial charge in [0.05, 0.1) is 0 Å². The minimum Gasteiger partial charge on any atom is -0.0654 e.